The smallest absolute Gasteiger partial charge is 0.0739 e. The molecule has 2 heterocycles. The van der Waals surface area contributed by atoms with Gasteiger partial charge >= 0.3 is 0 Å². The van der Waals surface area contributed by atoms with Gasteiger partial charge in [-0.1, -0.05) is 6.42 Å². The van der Waals surface area contributed by atoms with E-state index in [-0.39, 0.29) is 0 Å². The number of piperidine rings is 1. The highest BCUT2D eigenvalue weighted by Gasteiger charge is 2.22. The molecule has 14 heavy (non-hydrogen) atoms. The van der Waals surface area contributed by atoms with Gasteiger partial charge in [-0.15, -0.1) is 0 Å². The van der Waals surface area contributed by atoms with E-state index in [9.17, 15) is 0 Å². The van der Waals surface area contributed by atoms with Crippen LogP contribution >= 0.6 is 15.9 Å². The van der Waals surface area contributed by atoms with Crippen molar-refractivity contribution in [2.24, 2.45) is 7.05 Å². The first-order valence-electron chi connectivity index (χ1n) is 5.12. The SMILES string of the molecule is Cc1nn(C)c(C2CCCCN2)c1Br. The van der Waals surface area contributed by atoms with Crippen molar-refractivity contribution in [1.82, 2.24) is 15.1 Å². The molecule has 0 spiro atoms. The number of halogens is 1. The summed E-state index contributed by atoms with van der Waals surface area (Å²) in [5, 5.41) is 7.96. The second-order valence-electron chi connectivity index (χ2n) is 3.91. The van der Waals surface area contributed by atoms with Gasteiger partial charge in [-0.25, -0.2) is 0 Å². The van der Waals surface area contributed by atoms with Gasteiger partial charge in [-0.3, -0.25) is 4.68 Å². The molecule has 2 rings (SSSR count). The Hall–Kier alpha value is -0.350. The molecule has 1 atom stereocenters. The summed E-state index contributed by atoms with van der Waals surface area (Å²) in [5.74, 6) is 0. The molecule has 1 N–H and O–H groups in total. The highest BCUT2D eigenvalue weighted by Crippen LogP contribution is 2.30. The molecule has 78 valence electrons. The van der Waals surface area contributed by atoms with Gasteiger partial charge in [0.2, 0.25) is 0 Å². The molecule has 1 aromatic heterocycles. The topological polar surface area (TPSA) is 29.9 Å². The van der Waals surface area contributed by atoms with E-state index < -0.39 is 0 Å². The summed E-state index contributed by atoms with van der Waals surface area (Å²) in [6, 6.07) is 0.476. The first-order chi connectivity index (χ1) is 6.70. The molecular weight excluding hydrogens is 242 g/mol. The number of hydrogen-bond donors (Lipinski definition) is 1. The lowest BCUT2D eigenvalue weighted by Crippen LogP contribution is -2.28. The summed E-state index contributed by atoms with van der Waals surface area (Å²) in [6.45, 7) is 3.16. The third-order valence-corrected chi connectivity index (χ3v) is 3.81. The summed E-state index contributed by atoms with van der Waals surface area (Å²) in [7, 11) is 2.02. The molecule has 1 unspecified atom stereocenters. The molecule has 0 saturated carbocycles. The Morgan fingerprint density at radius 2 is 2.29 bits per heavy atom. The van der Waals surface area contributed by atoms with Gasteiger partial charge in [0.1, 0.15) is 0 Å². The van der Waals surface area contributed by atoms with Crippen molar-refractivity contribution in [1.29, 1.82) is 0 Å². The molecule has 1 aliphatic rings. The highest BCUT2D eigenvalue weighted by molar-refractivity contribution is 9.10. The predicted molar refractivity (Wildman–Crippen MR) is 60.2 cm³/mol. The number of hydrogen-bond acceptors (Lipinski definition) is 2. The highest BCUT2D eigenvalue weighted by atomic mass is 79.9. The molecule has 0 aliphatic carbocycles. The van der Waals surface area contributed by atoms with Gasteiger partial charge in [0, 0.05) is 7.05 Å². The fraction of sp³-hybridized carbons (Fsp3) is 0.700. The van der Waals surface area contributed by atoms with Crippen LogP contribution in [0.4, 0.5) is 0 Å². The van der Waals surface area contributed by atoms with Gasteiger partial charge in [0.05, 0.1) is 21.9 Å². The van der Waals surface area contributed by atoms with Crippen molar-refractivity contribution in [2.75, 3.05) is 6.54 Å². The van der Waals surface area contributed by atoms with Crippen LogP contribution in [0.3, 0.4) is 0 Å². The number of aromatic nitrogens is 2. The zero-order valence-electron chi connectivity index (χ0n) is 8.68. The quantitative estimate of drug-likeness (QED) is 0.837. The standard InChI is InChI=1S/C10H16BrN3/c1-7-9(11)10(14(2)13-7)8-5-3-4-6-12-8/h8,12H,3-6H2,1-2H3. The Kier molecular flexibility index (Phi) is 2.93. The Labute approximate surface area is 93.0 Å². The normalized spacial score (nSPS) is 22.6. The van der Waals surface area contributed by atoms with Crippen molar-refractivity contribution in [2.45, 2.75) is 32.2 Å². The zero-order valence-corrected chi connectivity index (χ0v) is 10.3. The van der Waals surface area contributed by atoms with Gasteiger partial charge in [0.25, 0.3) is 0 Å². The number of aryl methyl sites for hydroxylation is 2. The van der Waals surface area contributed by atoms with Crippen LogP contribution in [0.2, 0.25) is 0 Å². The van der Waals surface area contributed by atoms with Crippen LogP contribution in [-0.4, -0.2) is 16.3 Å². The molecule has 1 fully saturated rings. The zero-order chi connectivity index (χ0) is 10.1. The van der Waals surface area contributed by atoms with Gasteiger partial charge in [-0.2, -0.15) is 5.10 Å². The third kappa shape index (κ3) is 1.73. The maximum atomic E-state index is 4.42. The van der Waals surface area contributed by atoms with Crippen molar-refractivity contribution in [3.05, 3.63) is 15.9 Å². The van der Waals surface area contributed by atoms with Gasteiger partial charge in [-0.05, 0) is 42.2 Å². The monoisotopic (exact) mass is 257 g/mol. The fourth-order valence-corrected chi connectivity index (χ4v) is 2.73. The largest absolute Gasteiger partial charge is 0.309 e. The Morgan fingerprint density at radius 3 is 2.79 bits per heavy atom. The number of nitrogens with one attached hydrogen (secondary N) is 1. The van der Waals surface area contributed by atoms with E-state index in [0.717, 1.165) is 12.2 Å². The van der Waals surface area contributed by atoms with E-state index >= 15 is 0 Å². The molecule has 0 aromatic carbocycles. The number of rotatable bonds is 1. The first-order valence-corrected chi connectivity index (χ1v) is 5.92. The van der Waals surface area contributed by atoms with Gasteiger partial charge in [0.15, 0.2) is 0 Å². The predicted octanol–water partition coefficient (Wildman–Crippen LogP) is 2.31. The average Bonchev–Trinajstić information content (AvgIpc) is 2.43. The van der Waals surface area contributed by atoms with E-state index in [1.165, 1.54) is 29.4 Å². The van der Waals surface area contributed by atoms with Crippen LogP contribution in [0, 0.1) is 6.92 Å². The van der Waals surface area contributed by atoms with Crippen LogP contribution in [0.1, 0.15) is 36.7 Å². The minimum Gasteiger partial charge on any atom is -0.309 e. The molecule has 0 bridgehead atoms. The van der Waals surface area contributed by atoms with E-state index in [4.69, 9.17) is 0 Å². The molecular formula is C10H16BrN3. The Bertz CT molecular complexity index is 326. The molecule has 3 nitrogen and oxygen atoms in total. The van der Waals surface area contributed by atoms with Crippen LogP contribution in [0.25, 0.3) is 0 Å². The first kappa shape index (κ1) is 10.2. The summed E-state index contributed by atoms with van der Waals surface area (Å²) in [4.78, 5) is 0. The maximum Gasteiger partial charge on any atom is 0.0739 e. The summed E-state index contributed by atoms with van der Waals surface area (Å²) in [6.07, 6.45) is 3.83. The Balaban J connectivity index is 2.29. The van der Waals surface area contributed by atoms with E-state index in [0.29, 0.717) is 6.04 Å². The average molecular weight is 258 g/mol. The van der Waals surface area contributed by atoms with Crippen molar-refractivity contribution in [3.63, 3.8) is 0 Å². The second-order valence-corrected chi connectivity index (χ2v) is 4.70. The molecule has 1 aliphatic heterocycles. The fourth-order valence-electron chi connectivity index (χ4n) is 2.11. The van der Waals surface area contributed by atoms with Crippen LogP contribution in [0.15, 0.2) is 4.47 Å². The molecule has 0 radical (unpaired) electrons. The van der Waals surface area contributed by atoms with Crippen LogP contribution < -0.4 is 5.32 Å². The number of nitrogens with zero attached hydrogens (tertiary/aromatic N) is 2. The lowest BCUT2D eigenvalue weighted by Gasteiger charge is -2.23. The second kappa shape index (κ2) is 4.03. The van der Waals surface area contributed by atoms with Crippen molar-refractivity contribution >= 4 is 15.9 Å². The van der Waals surface area contributed by atoms with E-state index in [1.807, 2.05) is 18.7 Å². The van der Waals surface area contributed by atoms with Crippen molar-refractivity contribution in [3.8, 4) is 0 Å². The summed E-state index contributed by atoms with van der Waals surface area (Å²) < 4.78 is 3.15. The van der Waals surface area contributed by atoms with Crippen LogP contribution in [0.5, 0.6) is 0 Å². The lowest BCUT2D eigenvalue weighted by atomic mass is 10.0. The van der Waals surface area contributed by atoms with E-state index in [1.54, 1.807) is 0 Å². The third-order valence-electron chi connectivity index (χ3n) is 2.83. The summed E-state index contributed by atoms with van der Waals surface area (Å²) in [5.41, 5.74) is 2.37. The van der Waals surface area contributed by atoms with Crippen LogP contribution in [-0.2, 0) is 7.05 Å². The molecule has 4 heteroatoms. The lowest BCUT2D eigenvalue weighted by molar-refractivity contribution is 0.392. The molecule has 1 saturated heterocycles. The Morgan fingerprint density at radius 1 is 1.50 bits per heavy atom. The molecule has 1 aromatic rings. The van der Waals surface area contributed by atoms with E-state index in [2.05, 4.69) is 26.3 Å². The molecule has 0 amide bonds. The van der Waals surface area contributed by atoms with Gasteiger partial charge < -0.3 is 5.32 Å². The minimum absolute atomic E-state index is 0.476. The van der Waals surface area contributed by atoms with Crippen molar-refractivity contribution < 1.29 is 0 Å². The summed E-state index contributed by atoms with van der Waals surface area (Å²) >= 11 is 3.61. The maximum absolute atomic E-state index is 4.42. The minimum atomic E-state index is 0.476.